The standard InChI is InChI=1S/C14H11FN4O3/c15-9-3-5-10(6-4-9)18-8-11(14(18)20)17-13-12(19(21)22)2-1-7-16-13/h1-7,11H,8H2,(H,16,17)/t11-/m0/s1. The highest BCUT2D eigenvalue weighted by molar-refractivity contribution is 6.05. The normalized spacial score (nSPS) is 17.0. The first-order valence-corrected chi connectivity index (χ1v) is 6.49. The summed E-state index contributed by atoms with van der Waals surface area (Å²) in [6.07, 6.45) is 1.41. The number of aromatic nitrogens is 1. The van der Waals surface area contributed by atoms with Crippen LogP contribution in [0.25, 0.3) is 0 Å². The van der Waals surface area contributed by atoms with Gasteiger partial charge in [-0.3, -0.25) is 14.9 Å². The van der Waals surface area contributed by atoms with Gasteiger partial charge in [0, 0.05) is 18.0 Å². The second-order valence-corrected chi connectivity index (χ2v) is 4.75. The smallest absolute Gasteiger partial charge is 0.311 e. The van der Waals surface area contributed by atoms with Gasteiger partial charge >= 0.3 is 5.69 Å². The third kappa shape index (κ3) is 2.46. The molecule has 0 spiro atoms. The Balaban J connectivity index is 1.71. The van der Waals surface area contributed by atoms with Crippen molar-refractivity contribution >= 4 is 23.1 Å². The molecule has 1 aromatic heterocycles. The number of nitro groups is 1. The van der Waals surface area contributed by atoms with Crippen molar-refractivity contribution in [2.24, 2.45) is 0 Å². The molecule has 1 N–H and O–H groups in total. The fourth-order valence-corrected chi connectivity index (χ4v) is 2.21. The Bertz CT molecular complexity index is 735. The van der Waals surface area contributed by atoms with E-state index in [1.807, 2.05) is 0 Å². The van der Waals surface area contributed by atoms with E-state index < -0.39 is 11.0 Å². The summed E-state index contributed by atoms with van der Waals surface area (Å²) >= 11 is 0. The van der Waals surface area contributed by atoms with E-state index in [2.05, 4.69) is 10.3 Å². The highest BCUT2D eigenvalue weighted by Crippen LogP contribution is 2.27. The molecular weight excluding hydrogens is 291 g/mol. The summed E-state index contributed by atoms with van der Waals surface area (Å²) in [6, 6.07) is 7.74. The summed E-state index contributed by atoms with van der Waals surface area (Å²) < 4.78 is 12.9. The molecule has 1 saturated heterocycles. The minimum Gasteiger partial charge on any atom is -0.351 e. The lowest BCUT2D eigenvalue weighted by atomic mass is 10.1. The molecule has 2 heterocycles. The zero-order valence-corrected chi connectivity index (χ0v) is 11.3. The van der Waals surface area contributed by atoms with Gasteiger partial charge in [-0.2, -0.15) is 0 Å². The van der Waals surface area contributed by atoms with E-state index in [0.29, 0.717) is 12.2 Å². The van der Waals surface area contributed by atoms with Crippen molar-refractivity contribution in [3.8, 4) is 0 Å². The summed E-state index contributed by atoms with van der Waals surface area (Å²) in [5, 5.41) is 13.7. The molecule has 1 fully saturated rings. The molecule has 0 saturated carbocycles. The highest BCUT2D eigenvalue weighted by Gasteiger charge is 2.38. The lowest BCUT2D eigenvalue weighted by Gasteiger charge is -2.38. The van der Waals surface area contributed by atoms with E-state index in [1.165, 1.54) is 47.5 Å². The van der Waals surface area contributed by atoms with Gasteiger partial charge in [-0.25, -0.2) is 9.37 Å². The average Bonchev–Trinajstić information content (AvgIpc) is 2.52. The molecule has 112 valence electrons. The van der Waals surface area contributed by atoms with Crippen LogP contribution in [0.1, 0.15) is 0 Å². The monoisotopic (exact) mass is 302 g/mol. The zero-order chi connectivity index (χ0) is 15.7. The van der Waals surface area contributed by atoms with Crippen molar-refractivity contribution in [3.05, 3.63) is 58.5 Å². The number of rotatable bonds is 4. The molecular formula is C14H11FN4O3. The van der Waals surface area contributed by atoms with Crippen LogP contribution < -0.4 is 10.2 Å². The number of pyridine rings is 1. The second kappa shape index (κ2) is 5.40. The molecule has 2 aromatic rings. The number of benzene rings is 1. The van der Waals surface area contributed by atoms with Crippen LogP contribution >= 0.6 is 0 Å². The van der Waals surface area contributed by atoms with Crippen molar-refractivity contribution in [2.45, 2.75) is 6.04 Å². The van der Waals surface area contributed by atoms with Crippen LogP contribution in [0.3, 0.4) is 0 Å². The van der Waals surface area contributed by atoms with Crippen molar-refractivity contribution in [1.82, 2.24) is 4.98 Å². The van der Waals surface area contributed by atoms with E-state index in [0.717, 1.165) is 0 Å². The number of β-lactam (4-membered cyclic amide) rings is 1. The molecule has 7 nitrogen and oxygen atoms in total. The van der Waals surface area contributed by atoms with Crippen LogP contribution in [-0.2, 0) is 4.79 Å². The first-order chi connectivity index (χ1) is 10.6. The third-order valence-corrected chi connectivity index (χ3v) is 3.36. The summed E-state index contributed by atoms with van der Waals surface area (Å²) in [6.45, 7) is 0.332. The lowest BCUT2D eigenvalue weighted by Crippen LogP contribution is -2.60. The van der Waals surface area contributed by atoms with Crippen LogP contribution in [0.5, 0.6) is 0 Å². The Kier molecular flexibility index (Phi) is 3.42. The Morgan fingerprint density at radius 3 is 2.68 bits per heavy atom. The third-order valence-electron chi connectivity index (χ3n) is 3.36. The number of hydrogen-bond acceptors (Lipinski definition) is 5. The fourth-order valence-electron chi connectivity index (χ4n) is 2.21. The molecule has 0 radical (unpaired) electrons. The molecule has 1 aromatic carbocycles. The van der Waals surface area contributed by atoms with E-state index in [9.17, 15) is 19.3 Å². The fraction of sp³-hybridized carbons (Fsp3) is 0.143. The molecule has 1 aliphatic heterocycles. The molecule has 1 aliphatic rings. The van der Waals surface area contributed by atoms with Gasteiger partial charge in [0.15, 0.2) is 0 Å². The predicted molar refractivity (Wildman–Crippen MR) is 77.1 cm³/mol. The Labute approximate surface area is 124 Å². The Hall–Kier alpha value is -3.03. The SMILES string of the molecule is O=C1[C@@H](Nc2ncccc2[N+](=O)[O-])CN1c1ccc(F)cc1. The van der Waals surface area contributed by atoms with Gasteiger partial charge < -0.3 is 10.2 Å². The molecule has 22 heavy (non-hydrogen) atoms. The summed E-state index contributed by atoms with van der Waals surface area (Å²) in [5.74, 6) is -0.563. The Morgan fingerprint density at radius 2 is 2.05 bits per heavy atom. The molecule has 1 atom stereocenters. The first-order valence-electron chi connectivity index (χ1n) is 6.49. The number of carbonyl (C=O) groups is 1. The molecule has 0 bridgehead atoms. The van der Waals surface area contributed by atoms with E-state index in [1.54, 1.807) is 0 Å². The lowest BCUT2D eigenvalue weighted by molar-refractivity contribution is -0.384. The number of carbonyl (C=O) groups excluding carboxylic acids is 1. The van der Waals surface area contributed by atoms with Crippen molar-refractivity contribution in [3.63, 3.8) is 0 Å². The van der Waals surface area contributed by atoms with Gasteiger partial charge in [0.05, 0.1) is 11.5 Å². The molecule has 8 heteroatoms. The summed E-state index contributed by atoms with van der Waals surface area (Å²) in [4.78, 5) is 27.8. The number of nitrogens with zero attached hydrogens (tertiary/aromatic N) is 3. The predicted octanol–water partition coefficient (Wildman–Crippen LogP) is 1.96. The Morgan fingerprint density at radius 1 is 1.32 bits per heavy atom. The van der Waals surface area contributed by atoms with Gasteiger partial charge in [0.2, 0.25) is 5.82 Å². The maximum Gasteiger partial charge on any atom is 0.311 e. The van der Waals surface area contributed by atoms with Crippen LogP contribution in [0.2, 0.25) is 0 Å². The number of nitrogens with one attached hydrogen (secondary N) is 1. The quantitative estimate of drug-likeness (QED) is 0.530. The van der Waals surface area contributed by atoms with Gasteiger partial charge in [0.25, 0.3) is 5.91 Å². The highest BCUT2D eigenvalue weighted by atomic mass is 19.1. The van der Waals surface area contributed by atoms with Crippen molar-refractivity contribution in [1.29, 1.82) is 0 Å². The maximum absolute atomic E-state index is 12.9. The number of hydrogen-bond donors (Lipinski definition) is 1. The molecule has 0 unspecified atom stereocenters. The first kappa shape index (κ1) is 13.9. The van der Waals surface area contributed by atoms with Crippen LogP contribution in [-0.4, -0.2) is 28.4 Å². The van der Waals surface area contributed by atoms with E-state index in [4.69, 9.17) is 0 Å². The van der Waals surface area contributed by atoms with Crippen LogP contribution in [0.4, 0.5) is 21.6 Å². The average molecular weight is 302 g/mol. The molecule has 1 amide bonds. The summed E-state index contributed by atoms with van der Waals surface area (Å²) in [5.41, 5.74) is 0.399. The molecule has 0 aliphatic carbocycles. The van der Waals surface area contributed by atoms with Crippen LogP contribution in [0.15, 0.2) is 42.6 Å². The topological polar surface area (TPSA) is 88.4 Å². The van der Waals surface area contributed by atoms with Crippen LogP contribution in [0, 0.1) is 15.9 Å². The number of halogens is 1. The second-order valence-electron chi connectivity index (χ2n) is 4.75. The number of anilines is 2. The summed E-state index contributed by atoms with van der Waals surface area (Å²) in [7, 11) is 0. The van der Waals surface area contributed by atoms with Gasteiger partial charge in [-0.15, -0.1) is 0 Å². The zero-order valence-electron chi connectivity index (χ0n) is 11.3. The largest absolute Gasteiger partial charge is 0.351 e. The molecule has 3 rings (SSSR count). The minimum absolute atomic E-state index is 0.0598. The minimum atomic E-state index is -0.585. The van der Waals surface area contributed by atoms with Crippen molar-refractivity contribution < 1.29 is 14.1 Å². The van der Waals surface area contributed by atoms with Crippen molar-refractivity contribution in [2.75, 3.05) is 16.8 Å². The van der Waals surface area contributed by atoms with Gasteiger partial charge in [0.1, 0.15) is 11.9 Å². The van der Waals surface area contributed by atoms with Gasteiger partial charge in [-0.05, 0) is 30.3 Å². The van der Waals surface area contributed by atoms with Gasteiger partial charge in [-0.1, -0.05) is 0 Å². The maximum atomic E-state index is 12.9. The number of amides is 1. The van der Waals surface area contributed by atoms with E-state index >= 15 is 0 Å². The van der Waals surface area contributed by atoms with E-state index in [-0.39, 0.29) is 23.2 Å².